The van der Waals surface area contributed by atoms with Crippen molar-refractivity contribution in [1.29, 1.82) is 0 Å². The van der Waals surface area contributed by atoms with E-state index < -0.39 is 0 Å². The highest BCUT2D eigenvalue weighted by atomic mass is 16.7. The van der Waals surface area contributed by atoms with Crippen LogP contribution in [0.4, 0.5) is 0 Å². The zero-order valence-electron chi connectivity index (χ0n) is 7.14. The summed E-state index contributed by atoms with van der Waals surface area (Å²) in [5.74, 6) is -0.284. The average Bonchev–Trinajstić information content (AvgIpc) is 2.50. The van der Waals surface area contributed by atoms with Crippen LogP contribution in [0, 0.1) is 0 Å². The van der Waals surface area contributed by atoms with E-state index in [4.69, 9.17) is 9.47 Å². The molecule has 0 saturated carbocycles. The van der Waals surface area contributed by atoms with Gasteiger partial charge in [-0.2, -0.15) is 0 Å². The third-order valence-electron chi connectivity index (χ3n) is 2.08. The smallest absolute Gasteiger partial charge is 0.168 e. The summed E-state index contributed by atoms with van der Waals surface area (Å²) in [6, 6.07) is 0. The molecule has 11 heavy (non-hydrogen) atoms. The van der Waals surface area contributed by atoms with Gasteiger partial charge in [-0.05, 0) is 12.8 Å². The van der Waals surface area contributed by atoms with Gasteiger partial charge in [-0.3, -0.25) is 0 Å². The van der Waals surface area contributed by atoms with Crippen molar-refractivity contribution in [1.82, 2.24) is 0 Å². The lowest BCUT2D eigenvalue weighted by Crippen LogP contribution is -2.28. The van der Waals surface area contributed by atoms with Gasteiger partial charge in [-0.15, -0.1) is 6.58 Å². The molecule has 0 aromatic rings. The number of hydrogen-bond acceptors (Lipinski definition) is 2. The molecule has 0 aromatic heterocycles. The van der Waals surface area contributed by atoms with Gasteiger partial charge in [-0.1, -0.05) is 13.0 Å². The predicted molar refractivity (Wildman–Crippen MR) is 44.4 cm³/mol. The van der Waals surface area contributed by atoms with Crippen molar-refractivity contribution in [3.05, 3.63) is 12.7 Å². The molecule has 0 amide bonds. The van der Waals surface area contributed by atoms with Gasteiger partial charge in [0.2, 0.25) is 0 Å². The number of rotatable bonds is 4. The van der Waals surface area contributed by atoms with Crippen LogP contribution in [-0.2, 0) is 9.47 Å². The molecule has 0 N–H and O–H groups in total. The molecule has 1 heterocycles. The van der Waals surface area contributed by atoms with E-state index in [1.165, 1.54) is 0 Å². The summed E-state index contributed by atoms with van der Waals surface area (Å²) in [6.07, 6.45) is 4.74. The maximum atomic E-state index is 5.52. The molecule has 0 unspecified atom stereocenters. The van der Waals surface area contributed by atoms with Crippen molar-refractivity contribution in [3.63, 3.8) is 0 Å². The van der Waals surface area contributed by atoms with E-state index >= 15 is 0 Å². The molecule has 0 radical (unpaired) electrons. The van der Waals surface area contributed by atoms with Crippen LogP contribution in [0.1, 0.15) is 26.2 Å². The first-order valence-corrected chi connectivity index (χ1v) is 4.22. The van der Waals surface area contributed by atoms with E-state index in [-0.39, 0.29) is 5.79 Å². The summed E-state index contributed by atoms with van der Waals surface area (Å²) in [5, 5.41) is 0. The third kappa shape index (κ3) is 2.04. The zero-order valence-corrected chi connectivity index (χ0v) is 7.14. The Hall–Kier alpha value is -0.340. The predicted octanol–water partition coefficient (Wildman–Crippen LogP) is 2.11. The molecule has 1 saturated heterocycles. The first-order valence-electron chi connectivity index (χ1n) is 4.22. The highest BCUT2D eigenvalue weighted by molar-refractivity contribution is 4.77. The van der Waals surface area contributed by atoms with E-state index in [2.05, 4.69) is 13.5 Å². The van der Waals surface area contributed by atoms with Crippen molar-refractivity contribution in [2.75, 3.05) is 13.2 Å². The summed E-state index contributed by atoms with van der Waals surface area (Å²) in [4.78, 5) is 0. The molecule has 0 bridgehead atoms. The second-order valence-electron chi connectivity index (χ2n) is 2.79. The molecule has 0 atom stereocenters. The van der Waals surface area contributed by atoms with Crippen molar-refractivity contribution in [3.8, 4) is 0 Å². The van der Waals surface area contributed by atoms with Gasteiger partial charge >= 0.3 is 0 Å². The fraction of sp³-hybridized carbons (Fsp3) is 0.778. The topological polar surface area (TPSA) is 18.5 Å². The maximum absolute atomic E-state index is 5.52. The highest BCUT2D eigenvalue weighted by Crippen LogP contribution is 2.28. The lowest BCUT2D eigenvalue weighted by Gasteiger charge is -2.24. The fourth-order valence-corrected chi connectivity index (χ4v) is 1.34. The van der Waals surface area contributed by atoms with Crippen LogP contribution in [0.2, 0.25) is 0 Å². The van der Waals surface area contributed by atoms with Gasteiger partial charge in [0.1, 0.15) is 0 Å². The highest BCUT2D eigenvalue weighted by Gasteiger charge is 2.33. The maximum Gasteiger partial charge on any atom is 0.168 e. The molecule has 2 heteroatoms. The van der Waals surface area contributed by atoms with Gasteiger partial charge in [0.15, 0.2) is 5.79 Å². The quantitative estimate of drug-likeness (QED) is 0.580. The Morgan fingerprint density at radius 1 is 1.45 bits per heavy atom. The molecular formula is C9H16O2. The van der Waals surface area contributed by atoms with Crippen molar-refractivity contribution < 1.29 is 9.47 Å². The molecule has 2 nitrogen and oxygen atoms in total. The second-order valence-corrected chi connectivity index (χ2v) is 2.79. The zero-order chi connectivity index (χ0) is 8.16. The van der Waals surface area contributed by atoms with Crippen molar-refractivity contribution >= 4 is 0 Å². The normalized spacial score (nSPS) is 21.9. The number of hydrogen-bond donors (Lipinski definition) is 0. The first-order chi connectivity index (χ1) is 5.33. The first kappa shape index (κ1) is 8.75. The molecule has 1 fully saturated rings. The van der Waals surface area contributed by atoms with Crippen molar-refractivity contribution in [2.45, 2.75) is 32.0 Å². The molecular weight excluding hydrogens is 140 g/mol. The van der Waals surface area contributed by atoms with Crippen LogP contribution in [0.3, 0.4) is 0 Å². The fourth-order valence-electron chi connectivity index (χ4n) is 1.34. The van der Waals surface area contributed by atoms with Gasteiger partial charge in [0.25, 0.3) is 0 Å². The van der Waals surface area contributed by atoms with E-state index in [0.717, 1.165) is 32.5 Å². The van der Waals surface area contributed by atoms with Crippen LogP contribution < -0.4 is 0 Å². The van der Waals surface area contributed by atoms with E-state index in [1.807, 2.05) is 6.08 Å². The molecule has 1 aliphatic heterocycles. The van der Waals surface area contributed by atoms with E-state index in [0.29, 0.717) is 0 Å². The number of ether oxygens (including phenoxy) is 2. The molecule has 64 valence electrons. The minimum absolute atomic E-state index is 0.284. The summed E-state index contributed by atoms with van der Waals surface area (Å²) in [6.45, 7) is 7.25. The third-order valence-corrected chi connectivity index (χ3v) is 2.08. The molecule has 0 spiro atoms. The summed E-state index contributed by atoms with van der Waals surface area (Å²) in [7, 11) is 0. The molecule has 1 rings (SSSR count). The van der Waals surface area contributed by atoms with Crippen LogP contribution in [-0.4, -0.2) is 19.0 Å². The van der Waals surface area contributed by atoms with Crippen LogP contribution in [0.5, 0.6) is 0 Å². The Morgan fingerprint density at radius 2 is 2.09 bits per heavy atom. The van der Waals surface area contributed by atoms with Crippen LogP contribution in [0.15, 0.2) is 12.7 Å². The monoisotopic (exact) mass is 156 g/mol. The van der Waals surface area contributed by atoms with Gasteiger partial charge in [0, 0.05) is 6.42 Å². The SMILES string of the molecule is C=CCCC1(CC)OCCO1. The Balaban J connectivity index is 2.38. The number of allylic oxidation sites excluding steroid dienone is 1. The molecule has 1 aliphatic rings. The molecule has 0 aromatic carbocycles. The minimum atomic E-state index is -0.284. The summed E-state index contributed by atoms with van der Waals surface area (Å²) >= 11 is 0. The van der Waals surface area contributed by atoms with E-state index in [9.17, 15) is 0 Å². The van der Waals surface area contributed by atoms with Gasteiger partial charge in [-0.25, -0.2) is 0 Å². The largest absolute Gasteiger partial charge is 0.348 e. The van der Waals surface area contributed by atoms with E-state index in [1.54, 1.807) is 0 Å². The summed E-state index contributed by atoms with van der Waals surface area (Å²) < 4.78 is 11.0. The standard InChI is InChI=1S/C9H16O2/c1-3-5-6-9(4-2)10-7-8-11-9/h3H,1,4-8H2,2H3. The van der Waals surface area contributed by atoms with Gasteiger partial charge in [0.05, 0.1) is 13.2 Å². The summed E-state index contributed by atoms with van der Waals surface area (Å²) in [5.41, 5.74) is 0. The molecule has 0 aliphatic carbocycles. The van der Waals surface area contributed by atoms with Crippen molar-refractivity contribution in [2.24, 2.45) is 0 Å². The Kier molecular flexibility index (Phi) is 3.09. The Morgan fingerprint density at radius 3 is 2.55 bits per heavy atom. The average molecular weight is 156 g/mol. The van der Waals surface area contributed by atoms with Crippen LogP contribution >= 0.6 is 0 Å². The lowest BCUT2D eigenvalue weighted by atomic mass is 10.1. The second kappa shape index (κ2) is 3.88. The Labute approximate surface area is 68.2 Å². The Bertz CT molecular complexity index is 126. The van der Waals surface area contributed by atoms with Crippen LogP contribution in [0.25, 0.3) is 0 Å². The lowest BCUT2D eigenvalue weighted by molar-refractivity contribution is -0.162. The van der Waals surface area contributed by atoms with Gasteiger partial charge < -0.3 is 9.47 Å². The minimum Gasteiger partial charge on any atom is -0.348 e.